The molecule has 3 rings (SSSR count). The highest BCUT2D eigenvalue weighted by Crippen LogP contribution is 2.30. The maximum atomic E-state index is 12.7. The fourth-order valence-electron chi connectivity index (χ4n) is 3.22. The summed E-state index contributed by atoms with van der Waals surface area (Å²) in [6, 6.07) is 16.9. The second-order valence-corrected chi connectivity index (χ2v) is 7.43. The largest absolute Gasteiger partial charge is 0.450 e. The van der Waals surface area contributed by atoms with Gasteiger partial charge in [0, 0.05) is 24.0 Å². The molecule has 176 valence electrons. The first-order valence-corrected chi connectivity index (χ1v) is 11.1. The number of rotatable bonds is 11. The van der Waals surface area contributed by atoms with E-state index in [9.17, 15) is 9.59 Å². The molecule has 0 bridgehead atoms. The molecule has 33 heavy (non-hydrogen) atoms. The Balaban J connectivity index is 0.00000385. The number of aromatic nitrogens is 1. The molecular formula is C25H31ClN4O3. The summed E-state index contributed by atoms with van der Waals surface area (Å²) in [5, 5.41) is 10.1. The van der Waals surface area contributed by atoms with Crippen LogP contribution in [0.5, 0.6) is 0 Å². The first-order chi connectivity index (χ1) is 15.7. The van der Waals surface area contributed by atoms with Gasteiger partial charge in [0.05, 0.1) is 29.7 Å². The van der Waals surface area contributed by atoms with Gasteiger partial charge in [0.1, 0.15) is 0 Å². The van der Waals surface area contributed by atoms with Gasteiger partial charge in [-0.25, -0.2) is 4.79 Å². The number of nitrogens with one attached hydrogen (secondary N) is 3. The van der Waals surface area contributed by atoms with Crippen LogP contribution in [0.15, 0.2) is 60.8 Å². The van der Waals surface area contributed by atoms with E-state index in [0.29, 0.717) is 30.9 Å². The molecule has 2 amide bonds. The number of ether oxygens (including phenoxy) is 1. The molecule has 2 aromatic carbocycles. The zero-order valence-corrected chi connectivity index (χ0v) is 19.6. The van der Waals surface area contributed by atoms with Gasteiger partial charge in [-0.1, -0.05) is 49.7 Å². The predicted molar refractivity (Wildman–Crippen MR) is 135 cm³/mol. The number of unbranched alkanes of at least 4 members (excludes halogenated alkanes) is 2. The van der Waals surface area contributed by atoms with E-state index in [-0.39, 0.29) is 24.4 Å². The first-order valence-electron chi connectivity index (χ1n) is 11.1. The van der Waals surface area contributed by atoms with Crippen LogP contribution in [0.4, 0.5) is 16.2 Å². The molecule has 0 radical (unpaired) electrons. The van der Waals surface area contributed by atoms with Gasteiger partial charge >= 0.3 is 6.09 Å². The average molecular weight is 471 g/mol. The minimum Gasteiger partial charge on any atom is -0.450 e. The zero-order chi connectivity index (χ0) is 22.6. The number of nitrogens with zero attached hydrogens (tertiary/aromatic N) is 1. The smallest absolute Gasteiger partial charge is 0.407 e. The highest BCUT2D eigenvalue weighted by atomic mass is 35.5. The Kier molecular flexibility index (Phi) is 11.0. The highest BCUT2D eigenvalue weighted by molar-refractivity contribution is 6.09. The maximum Gasteiger partial charge on any atom is 0.407 e. The van der Waals surface area contributed by atoms with E-state index in [1.54, 1.807) is 18.3 Å². The molecule has 7 nitrogen and oxygen atoms in total. The fourth-order valence-corrected chi connectivity index (χ4v) is 3.22. The van der Waals surface area contributed by atoms with Crippen molar-refractivity contribution < 1.29 is 14.3 Å². The van der Waals surface area contributed by atoms with E-state index in [0.717, 1.165) is 42.3 Å². The molecule has 0 saturated carbocycles. The number of para-hydroxylation sites is 1. The number of halogens is 1. The van der Waals surface area contributed by atoms with Gasteiger partial charge in [-0.15, -0.1) is 12.4 Å². The van der Waals surface area contributed by atoms with Crippen molar-refractivity contribution in [3.8, 4) is 0 Å². The molecule has 1 heterocycles. The highest BCUT2D eigenvalue weighted by Gasteiger charge is 2.12. The second kappa shape index (κ2) is 14.0. The van der Waals surface area contributed by atoms with E-state index >= 15 is 0 Å². The van der Waals surface area contributed by atoms with E-state index in [1.807, 2.05) is 42.5 Å². The molecule has 0 aliphatic carbocycles. The van der Waals surface area contributed by atoms with Gasteiger partial charge in [0.2, 0.25) is 0 Å². The topological polar surface area (TPSA) is 92.4 Å². The van der Waals surface area contributed by atoms with Crippen LogP contribution in [0.25, 0.3) is 10.9 Å². The summed E-state index contributed by atoms with van der Waals surface area (Å²) in [5.41, 5.74) is 2.91. The summed E-state index contributed by atoms with van der Waals surface area (Å²) in [7, 11) is 0. The summed E-state index contributed by atoms with van der Waals surface area (Å²) in [4.78, 5) is 28.7. The van der Waals surface area contributed by atoms with Crippen LogP contribution in [-0.4, -0.2) is 36.7 Å². The van der Waals surface area contributed by atoms with Crippen LogP contribution in [0.3, 0.4) is 0 Å². The zero-order valence-electron chi connectivity index (χ0n) is 18.8. The molecular weight excluding hydrogens is 440 g/mol. The summed E-state index contributed by atoms with van der Waals surface area (Å²) in [6.45, 7) is 3.76. The molecule has 0 spiro atoms. The van der Waals surface area contributed by atoms with Crippen molar-refractivity contribution >= 4 is 46.7 Å². The van der Waals surface area contributed by atoms with Crippen LogP contribution >= 0.6 is 12.4 Å². The Morgan fingerprint density at radius 3 is 2.45 bits per heavy atom. The molecule has 0 aliphatic rings. The van der Waals surface area contributed by atoms with Crippen LogP contribution in [0.1, 0.15) is 43.0 Å². The number of alkyl carbamates (subject to hydrolysis) is 1. The van der Waals surface area contributed by atoms with Gasteiger partial charge in [-0.05, 0) is 37.5 Å². The standard InChI is InChI=1S/C25H30N4O3.ClH/c1-2-3-17-32-25(31)27-16-10-9-15-26-23-20-13-7-8-14-21(20)28-18-22(23)29-24(30)19-11-5-4-6-12-19;/h4-8,11-14,18H,2-3,9-10,15-17H2,1H3,(H,26,28)(H,27,31)(H,29,30);1H. The van der Waals surface area contributed by atoms with Gasteiger partial charge in [0.25, 0.3) is 5.91 Å². The minimum atomic E-state index is -0.363. The van der Waals surface area contributed by atoms with Gasteiger partial charge in [-0.3, -0.25) is 9.78 Å². The van der Waals surface area contributed by atoms with Crippen molar-refractivity contribution in [3.05, 3.63) is 66.4 Å². The number of fused-ring (bicyclic) bond motifs is 1. The monoisotopic (exact) mass is 470 g/mol. The Labute approximate surface area is 200 Å². The van der Waals surface area contributed by atoms with Crippen LogP contribution < -0.4 is 16.0 Å². The number of anilines is 2. The van der Waals surface area contributed by atoms with E-state index in [4.69, 9.17) is 4.74 Å². The molecule has 0 unspecified atom stereocenters. The maximum absolute atomic E-state index is 12.7. The van der Waals surface area contributed by atoms with Crippen molar-refractivity contribution in [2.45, 2.75) is 32.6 Å². The molecule has 0 aliphatic heterocycles. The lowest BCUT2D eigenvalue weighted by Gasteiger charge is -2.15. The summed E-state index contributed by atoms with van der Waals surface area (Å²) in [6.07, 6.45) is 4.84. The predicted octanol–water partition coefficient (Wildman–Crippen LogP) is 5.63. The SMILES string of the molecule is CCCCOC(=O)NCCCCNc1c(NC(=O)c2ccccc2)cnc2ccccc12.Cl. The van der Waals surface area contributed by atoms with E-state index in [1.165, 1.54) is 0 Å². The van der Waals surface area contributed by atoms with E-state index in [2.05, 4.69) is 27.9 Å². The Morgan fingerprint density at radius 1 is 0.939 bits per heavy atom. The molecule has 0 atom stereocenters. The Bertz CT molecular complexity index is 1030. The van der Waals surface area contributed by atoms with Crippen molar-refractivity contribution in [2.24, 2.45) is 0 Å². The number of hydrogen-bond acceptors (Lipinski definition) is 5. The molecule has 0 fully saturated rings. The van der Waals surface area contributed by atoms with Crippen molar-refractivity contribution in [1.82, 2.24) is 10.3 Å². The fraction of sp³-hybridized carbons (Fsp3) is 0.320. The number of amides is 2. The molecule has 3 N–H and O–H groups in total. The van der Waals surface area contributed by atoms with Crippen LogP contribution in [-0.2, 0) is 4.74 Å². The lowest BCUT2D eigenvalue weighted by molar-refractivity contribution is 0.102. The summed E-state index contributed by atoms with van der Waals surface area (Å²) < 4.78 is 5.08. The van der Waals surface area contributed by atoms with Crippen molar-refractivity contribution in [2.75, 3.05) is 30.3 Å². The molecule has 8 heteroatoms. The van der Waals surface area contributed by atoms with Gasteiger partial charge in [0.15, 0.2) is 0 Å². The second-order valence-electron chi connectivity index (χ2n) is 7.43. The minimum absolute atomic E-state index is 0. The quantitative estimate of drug-likeness (QED) is 0.316. The number of carbonyl (C=O) groups is 2. The third kappa shape index (κ3) is 7.95. The third-order valence-electron chi connectivity index (χ3n) is 4.97. The number of hydrogen-bond donors (Lipinski definition) is 3. The van der Waals surface area contributed by atoms with Gasteiger partial charge in [-0.2, -0.15) is 0 Å². The Morgan fingerprint density at radius 2 is 1.67 bits per heavy atom. The van der Waals surface area contributed by atoms with Crippen LogP contribution in [0.2, 0.25) is 0 Å². The molecule has 1 aromatic heterocycles. The normalized spacial score (nSPS) is 10.2. The number of benzene rings is 2. The number of carbonyl (C=O) groups excluding carboxylic acids is 2. The first kappa shape index (κ1) is 25.9. The molecule has 3 aromatic rings. The van der Waals surface area contributed by atoms with E-state index < -0.39 is 0 Å². The van der Waals surface area contributed by atoms with Crippen LogP contribution in [0, 0.1) is 0 Å². The lowest BCUT2D eigenvalue weighted by atomic mass is 10.1. The molecule has 0 saturated heterocycles. The Hall–Kier alpha value is -3.32. The van der Waals surface area contributed by atoms with Crippen molar-refractivity contribution in [1.29, 1.82) is 0 Å². The summed E-state index contributed by atoms with van der Waals surface area (Å²) in [5.74, 6) is -0.184. The van der Waals surface area contributed by atoms with Gasteiger partial charge < -0.3 is 20.7 Å². The number of pyridine rings is 1. The van der Waals surface area contributed by atoms with Crippen molar-refractivity contribution in [3.63, 3.8) is 0 Å². The lowest BCUT2D eigenvalue weighted by Crippen LogP contribution is -2.26. The average Bonchev–Trinajstić information content (AvgIpc) is 2.82. The third-order valence-corrected chi connectivity index (χ3v) is 4.97. The summed E-state index contributed by atoms with van der Waals surface area (Å²) >= 11 is 0.